The number of methoxy groups -OCH3 is 1. The van der Waals surface area contributed by atoms with Crippen molar-refractivity contribution in [2.24, 2.45) is 0 Å². The summed E-state index contributed by atoms with van der Waals surface area (Å²) >= 11 is 1.35. The Kier molecular flexibility index (Phi) is 5.55. The summed E-state index contributed by atoms with van der Waals surface area (Å²) in [5.41, 5.74) is 1.00. The minimum Gasteiger partial charge on any atom is -0.468 e. The van der Waals surface area contributed by atoms with Crippen LogP contribution in [0.1, 0.15) is 10.4 Å². The first-order chi connectivity index (χ1) is 10.6. The zero-order chi connectivity index (χ0) is 15.9. The number of carbonyl (C=O) groups excluding carboxylic acids is 2. The number of benzene rings is 2. The highest BCUT2D eigenvalue weighted by atomic mass is 32.2. The third kappa shape index (κ3) is 4.60. The molecule has 0 unspecified atom stereocenters. The largest absolute Gasteiger partial charge is 0.468 e. The highest BCUT2D eigenvalue weighted by Crippen LogP contribution is 2.20. The van der Waals surface area contributed by atoms with Gasteiger partial charge in [-0.3, -0.25) is 9.59 Å². The molecule has 2 rings (SSSR count). The molecule has 114 valence electrons. The molecule has 2 aromatic rings. The van der Waals surface area contributed by atoms with E-state index in [4.69, 9.17) is 0 Å². The number of rotatable bonds is 5. The van der Waals surface area contributed by atoms with E-state index in [1.807, 2.05) is 0 Å². The summed E-state index contributed by atoms with van der Waals surface area (Å²) < 4.78 is 17.4. The molecular formula is C16H14FNO3S. The van der Waals surface area contributed by atoms with Gasteiger partial charge in [-0.05, 0) is 48.5 Å². The fraction of sp³-hybridized carbons (Fsp3) is 0.125. The number of carbonyl (C=O) groups is 2. The summed E-state index contributed by atoms with van der Waals surface area (Å²) in [5.74, 6) is -0.755. The first kappa shape index (κ1) is 16.0. The van der Waals surface area contributed by atoms with Crippen molar-refractivity contribution in [3.8, 4) is 0 Å². The number of hydrogen-bond donors (Lipinski definition) is 1. The van der Waals surface area contributed by atoms with Crippen LogP contribution in [0.25, 0.3) is 0 Å². The van der Waals surface area contributed by atoms with E-state index in [0.717, 1.165) is 4.90 Å². The van der Waals surface area contributed by atoms with Gasteiger partial charge < -0.3 is 10.1 Å². The molecule has 4 nitrogen and oxygen atoms in total. The van der Waals surface area contributed by atoms with Crippen molar-refractivity contribution < 1.29 is 18.7 Å². The maximum atomic E-state index is 12.8. The zero-order valence-electron chi connectivity index (χ0n) is 11.8. The highest BCUT2D eigenvalue weighted by molar-refractivity contribution is 8.00. The molecule has 0 bridgehead atoms. The van der Waals surface area contributed by atoms with Gasteiger partial charge in [0.2, 0.25) is 0 Å². The summed E-state index contributed by atoms with van der Waals surface area (Å²) in [6, 6.07) is 12.4. The van der Waals surface area contributed by atoms with Crippen LogP contribution in [0, 0.1) is 5.82 Å². The smallest absolute Gasteiger partial charge is 0.315 e. The Morgan fingerprint density at radius 2 is 1.73 bits per heavy atom. The topological polar surface area (TPSA) is 55.4 Å². The van der Waals surface area contributed by atoms with Gasteiger partial charge in [0, 0.05) is 16.1 Å². The van der Waals surface area contributed by atoms with Gasteiger partial charge in [0.15, 0.2) is 0 Å². The van der Waals surface area contributed by atoms with E-state index in [9.17, 15) is 14.0 Å². The normalized spacial score (nSPS) is 10.1. The van der Waals surface area contributed by atoms with Gasteiger partial charge in [-0.1, -0.05) is 0 Å². The van der Waals surface area contributed by atoms with E-state index in [1.54, 1.807) is 24.3 Å². The van der Waals surface area contributed by atoms with Gasteiger partial charge in [-0.25, -0.2) is 4.39 Å². The maximum Gasteiger partial charge on any atom is 0.315 e. The molecule has 0 fully saturated rings. The lowest BCUT2D eigenvalue weighted by atomic mass is 10.2. The minimum atomic E-state index is -0.386. The third-order valence-corrected chi connectivity index (χ3v) is 3.79. The standard InChI is InChI=1S/C16H14FNO3S/c1-21-15(19)10-22-14-8-6-13(7-9-14)18-16(20)11-2-4-12(17)5-3-11/h2-9H,10H2,1H3,(H,18,20). The number of nitrogens with one attached hydrogen (secondary N) is 1. The van der Waals surface area contributed by atoms with Crippen LogP contribution in [0.2, 0.25) is 0 Å². The van der Waals surface area contributed by atoms with Crippen LogP contribution in [-0.2, 0) is 9.53 Å². The number of esters is 1. The summed E-state index contributed by atoms with van der Waals surface area (Å²) in [4.78, 5) is 23.9. The summed E-state index contributed by atoms with van der Waals surface area (Å²) in [5, 5.41) is 2.72. The fourth-order valence-electron chi connectivity index (χ4n) is 1.64. The van der Waals surface area contributed by atoms with Gasteiger partial charge in [0.1, 0.15) is 5.82 Å². The molecule has 0 saturated heterocycles. The number of thioether (sulfide) groups is 1. The van der Waals surface area contributed by atoms with Crippen LogP contribution < -0.4 is 5.32 Å². The van der Waals surface area contributed by atoms with Gasteiger partial charge >= 0.3 is 5.97 Å². The second-order valence-electron chi connectivity index (χ2n) is 4.35. The van der Waals surface area contributed by atoms with Crippen molar-refractivity contribution in [1.29, 1.82) is 0 Å². The molecule has 22 heavy (non-hydrogen) atoms. The summed E-state index contributed by atoms with van der Waals surface area (Å²) in [7, 11) is 1.34. The molecule has 6 heteroatoms. The number of halogens is 1. The predicted octanol–water partition coefficient (Wildman–Crippen LogP) is 3.34. The van der Waals surface area contributed by atoms with E-state index in [-0.39, 0.29) is 23.4 Å². The lowest BCUT2D eigenvalue weighted by Crippen LogP contribution is -2.11. The predicted molar refractivity (Wildman–Crippen MR) is 83.5 cm³/mol. The van der Waals surface area contributed by atoms with Gasteiger partial charge in [-0.2, -0.15) is 0 Å². The number of hydrogen-bond acceptors (Lipinski definition) is 4. The molecule has 0 aromatic heterocycles. The van der Waals surface area contributed by atoms with E-state index in [1.165, 1.54) is 43.1 Å². The quantitative estimate of drug-likeness (QED) is 0.678. The Hall–Kier alpha value is -2.34. The molecule has 0 atom stereocenters. The van der Waals surface area contributed by atoms with Crippen LogP contribution >= 0.6 is 11.8 Å². The Labute approximate surface area is 131 Å². The molecule has 0 spiro atoms. The van der Waals surface area contributed by atoms with Crippen molar-refractivity contribution in [1.82, 2.24) is 0 Å². The average molecular weight is 319 g/mol. The molecule has 2 aromatic carbocycles. The van der Waals surface area contributed by atoms with E-state index in [2.05, 4.69) is 10.1 Å². The lowest BCUT2D eigenvalue weighted by Gasteiger charge is -2.06. The zero-order valence-corrected chi connectivity index (χ0v) is 12.7. The molecule has 0 aliphatic carbocycles. The highest BCUT2D eigenvalue weighted by Gasteiger charge is 2.07. The molecule has 0 heterocycles. The van der Waals surface area contributed by atoms with Crippen LogP contribution in [-0.4, -0.2) is 24.7 Å². The third-order valence-electron chi connectivity index (χ3n) is 2.80. The second-order valence-corrected chi connectivity index (χ2v) is 5.40. The SMILES string of the molecule is COC(=O)CSc1ccc(NC(=O)c2ccc(F)cc2)cc1. The summed E-state index contributed by atoms with van der Waals surface area (Å²) in [6.07, 6.45) is 0. The van der Waals surface area contributed by atoms with Gasteiger partial charge in [-0.15, -0.1) is 11.8 Å². The molecule has 1 amide bonds. The molecule has 0 aliphatic heterocycles. The fourth-order valence-corrected chi connectivity index (χ4v) is 2.37. The van der Waals surface area contributed by atoms with Crippen LogP contribution in [0.5, 0.6) is 0 Å². The lowest BCUT2D eigenvalue weighted by molar-refractivity contribution is -0.137. The van der Waals surface area contributed by atoms with Crippen molar-refractivity contribution in [3.05, 3.63) is 59.9 Å². The van der Waals surface area contributed by atoms with Crippen molar-refractivity contribution >= 4 is 29.3 Å². The molecular weight excluding hydrogens is 305 g/mol. The van der Waals surface area contributed by atoms with Gasteiger partial charge in [0.25, 0.3) is 5.91 Å². The maximum absolute atomic E-state index is 12.8. The van der Waals surface area contributed by atoms with Crippen molar-refractivity contribution in [3.63, 3.8) is 0 Å². The molecule has 1 N–H and O–H groups in total. The minimum absolute atomic E-state index is 0.234. The van der Waals surface area contributed by atoms with E-state index < -0.39 is 0 Å². The molecule has 0 radical (unpaired) electrons. The number of amides is 1. The van der Waals surface area contributed by atoms with Crippen LogP contribution in [0.3, 0.4) is 0 Å². The summed E-state index contributed by atoms with van der Waals surface area (Å²) in [6.45, 7) is 0. The first-order valence-electron chi connectivity index (χ1n) is 6.45. The molecule has 0 aliphatic rings. The Bertz CT molecular complexity index is 656. The van der Waals surface area contributed by atoms with Crippen LogP contribution in [0.15, 0.2) is 53.4 Å². The number of anilines is 1. The second kappa shape index (κ2) is 7.61. The van der Waals surface area contributed by atoms with Crippen molar-refractivity contribution in [2.45, 2.75) is 4.90 Å². The Morgan fingerprint density at radius 1 is 1.09 bits per heavy atom. The van der Waals surface area contributed by atoms with Crippen molar-refractivity contribution in [2.75, 3.05) is 18.2 Å². The molecule has 0 saturated carbocycles. The average Bonchev–Trinajstić information content (AvgIpc) is 2.54. The Morgan fingerprint density at radius 3 is 2.32 bits per heavy atom. The van der Waals surface area contributed by atoms with Gasteiger partial charge in [0.05, 0.1) is 12.9 Å². The van der Waals surface area contributed by atoms with Crippen LogP contribution in [0.4, 0.5) is 10.1 Å². The monoisotopic (exact) mass is 319 g/mol. The Balaban J connectivity index is 1.94. The van der Waals surface area contributed by atoms with E-state index in [0.29, 0.717) is 11.3 Å². The first-order valence-corrected chi connectivity index (χ1v) is 7.43. The van der Waals surface area contributed by atoms with E-state index >= 15 is 0 Å². The number of ether oxygens (including phenoxy) is 1.